The third-order valence-corrected chi connectivity index (χ3v) is 7.88. The van der Waals surface area contributed by atoms with Gasteiger partial charge in [-0.3, -0.25) is 0 Å². The van der Waals surface area contributed by atoms with Crippen molar-refractivity contribution in [1.82, 2.24) is 0 Å². The van der Waals surface area contributed by atoms with Gasteiger partial charge in [0.2, 0.25) is 0 Å². The van der Waals surface area contributed by atoms with E-state index in [9.17, 15) is 35.9 Å². The van der Waals surface area contributed by atoms with E-state index in [1.165, 1.54) is 37.8 Å². The van der Waals surface area contributed by atoms with E-state index in [1.54, 1.807) is 19.1 Å². The largest absolute Gasteiger partial charge is 0.494 e. The van der Waals surface area contributed by atoms with Crippen molar-refractivity contribution >= 4 is 11.9 Å². The van der Waals surface area contributed by atoms with Gasteiger partial charge in [0, 0.05) is 13.2 Å². The fourth-order valence-electron chi connectivity index (χ4n) is 5.12. The highest BCUT2D eigenvalue weighted by molar-refractivity contribution is 5.93. The fraction of sp³-hybridized carbons (Fsp3) is 0.474. The Labute approximate surface area is 289 Å². The van der Waals surface area contributed by atoms with E-state index in [0.717, 1.165) is 35.8 Å². The summed E-state index contributed by atoms with van der Waals surface area (Å²) < 4.78 is 103. The molecular weight excluding hydrogens is 666 g/mol. The molecule has 0 bridgehead atoms. The molecule has 12 heteroatoms. The zero-order valence-corrected chi connectivity index (χ0v) is 28.3. The van der Waals surface area contributed by atoms with Gasteiger partial charge in [-0.1, -0.05) is 69.7 Å². The van der Waals surface area contributed by atoms with Crippen molar-refractivity contribution in [2.24, 2.45) is 0 Å². The Morgan fingerprint density at radius 3 is 1.86 bits per heavy atom. The molecule has 0 aliphatic carbocycles. The van der Waals surface area contributed by atoms with Crippen molar-refractivity contribution in [3.63, 3.8) is 0 Å². The Hall–Kier alpha value is -4.06. The average Bonchev–Trinajstić information content (AvgIpc) is 3.08. The van der Waals surface area contributed by atoms with Gasteiger partial charge in [0.25, 0.3) is 0 Å². The molecule has 0 N–H and O–H groups in total. The van der Waals surface area contributed by atoms with E-state index in [1.807, 2.05) is 24.3 Å². The molecule has 0 radical (unpaired) electrons. The minimum atomic E-state index is -5.17. The highest BCUT2D eigenvalue weighted by atomic mass is 19.4. The van der Waals surface area contributed by atoms with E-state index >= 15 is 0 Å². The van der Waals surface area contributed by atoms with Crippen molar-refractivity contribution < 1.29 is 54.9 Å². The quantitative estimate of drug-likeness (QED) is 0.0503. The van der Waals surface area contributed by atoms with Crippen molar-refractivity contribution in [2.75, 3.05) is 19.8 Å². The topological polar surface area (TPSA) is 71.1 Å². The summed E-state index contributed by atoms with van der Waals surface area (Å²) in [7, 11) is 0. The van der Waals surface area contributed by atoms with Crippen molar-refractivity contribution in [3.05, 3.63) is 83.4 Å². The molecular formula is C38H44F6O6. The van der Waals surface area contributed by atoms with E-state index in [0.29, 0.717) is 44.8 Å². The zero-order valence-electron chi connectivity index (χ0n) is 28.3. The number of hydrogen-bond donors (Lipinski definition) is 0. The molecule has 0 heterocycles. The summed E-state index contributed by atoms with van der Waals surface area (Å²) in [4.78, 5) is 25.4. The lowest BCUT2D eigenvalue weighted by Gasteiger charge is -2.22. The number of unbranched alkanes of at least 4 members (excludes halogenated alkanes) is 7. The molecule has 0 saturated heterocycles. The molecule has 274 valence electrons. The zero-order chi connectivity index (χ0) is 36.6. The predicted molar refractivity (Wildman–Crippen MR) is 177 cm³/mol. The van der Waals surface area contributed by atoms with Crippen molar-refractivity contribution in [2.45, 2.75) is 96.5 Å². The van der Waals surface area contributed by atoms with Crippen LogP contribution in [0.25, 0.3) is 11.1 Å². The first-order valence-corrected chi connectivity index (χ1v) is 17.0. The molecule has 1 atom stereocenters. The minimum absolute atomic E-state index is 0.0210. The van der Waals surface area contributed by atoms with Crippen molar-refractivity contribution in [1.29, 1.82) is 0 Å². The molecule has 0 saturated carbocycles. The maximum atomic E-state index is 13.9. The summed E-state index contributed by atoms with van der Waals surface area (Å²) in [6.45, 7) is 5.40. The summed E-state index contributed by atoms with van der Waals surface area (Å²) in [5.41, 5.74) is -1.07. The van der Waals surface area contributed by atoms with Crippen LogP contribution in [-0.4, -0.2) is 44.0 Å². The molecule has 0 fully saturated rings. The SMILES string of the molecule is CCCCCCCCOc1ccc(-c2ccc(C(=O)Oc3ccc(C(=O)OC(CCCCCOCC)C(F)(F)F)c(C(F)(F)F)c3)cc2)cc1. The average molecular weight is 711 g/mol. The van der Waals surface area contributed by atoms with Gasteiger partial charge < -0.3 is 18.9 Å². The highest BCUT2D eigenvalue weighted by Crippen LogP contribution is 2.36. The molecule has 0 spiro atoms. The Morgan fingerprint density at radius 2 is 1.24 bits per heavy atom. The number of alkyl halides is 6. The second-order valence-corrected chi connectivity index (χ2v) is 11.8. The summed E-state index contributed by atoms with van der Waals surface area (Å²) >= 11 is 0. The van der Waals surface area contributed by atoms with Gasteiger partial charge in [0.15, 0.2) is 6.10 Å². The number of ether oxygens (including phenoxy) is 4. The van der Waals surface area contributed by atoms with Crippen LogP contribution in [0.15, 0.2) is 66.7 Å². The molecule has 3 aromatic carbocycles. The maximum Gasteiger partial charge on any atom is 0.425 e. The van der Waals surface area contributed by atoms with Crippen molar-refractivity contribution in [3.8, 4) is 22.6 Å². The first-order chi connectivity index (χ1) is 23.8. The second-order valence-electron chi connectivity index (χ2n) is 11.8. The number of carbonyl (C=O) groups excluding carboxylic acids is 2. The van der Waals surface area contributed by atoms with Gasteiger partial charge in [0.1, 0.15) is 11.5 Å². The van der Waals surface area contributed by atoms with Crippen LogP contribution in [0, 0.1) is 0 Å². The number of carbonyl (C=O) groups is 2. The van der Waals surface area contributed by atoms with Gasteiger partial charge in [-0.25, -0.2) is 9.59 Å². The molecule has 1 unspecified atom stereocenters. The lowest BCUT2D eigenvalue weighted by Crippen LogP contribution is -2.34. The summed E-state index contributed by atoms with van der Waals surface area (Å²) in [5, 5.41) is 0. The number of rotatable bonds is 20. The summed E-state index contributed by atoms with van der Waals surface area (Å²) in [6.07, 6.45) is -5.51. The number of hydrogen-bond acceptors (Lipinski definition) is 6. The Balaban J connectivity index is 1.62. The molecule has 3 aromatic rings. The maximum absolute atomic E-state index is 13.9. The highest BCUT2D eigenvalue weighted by Gasteiger charge is 2.44. The third kappa shape index (κ3) is 13.3. The first-order valence-electron chi connectivity index (χ1n) is 17.0. The van der Waals surface area contributed by atoms with Crippen LogP contribution in [-0.2, 0) is 15.7 Å². The van der Waals surface area contributed by atoms with Gasteiger partial charge >= 0.3 is 24.3 Å². The lowest BCUT2D eigenvalue weighted by molar-refractivity contribution is -0.206. The van der Waals surface area contributed by atoms with Gasteiger partial charge in [-0.2, -0.15) is 26.3 Å². The van der Waals surface area contributed by atoms with Crippen LogP contribution in [0.1, 0.15) is 104 Å². The molecule has 6 nitrogen and oxygen atoms in total. The normalized spacial score (nSPS) is 12.4. The van der Waals surface area contributed by atoms with E-state index in [-0.39, 0.29) is 12.0 Å². The first kappa shape index (κ1) is 40.4. The van der Waals surface area contributed by atoms with Crippen LogP contribution >= 0.6 is 0 Å². The Morgan fingerprint density at radius 1 is 0.660 bits per heavy atom. The minimum Gasteiger partial charge on any atom is -0.494 e. The number of benzene rings is 3. The van der Waals surface area contributed by atoms with E-state index in [4.69, 9.17) is 14.2 Å². The molecule has 0 amide bonds. The molecule has 3 rings (SSSR count). The standard InChI is InChI=1S/C38H44F6O6/c1-3-5-6-7-8-12-25-48-30-20-18-28(19-21-30)27-14-16-29(17-15-27)35(45)49-31-22-23-32(33(26-31)37(39,40)41)36(46)50-34(38(42,43)44)13-10-9-11-24-47-4-2/h14-23,26,34H,3-13,24-25H2,1-2H3. The molecule has 50 heavy (non-hydrogen) atoms. The predicted octanol–water partition coefficient (Wildman–Crippen LogP) is 11.0. The van der Waals surface area contributed by atoms with E-state index in [2.05, 4.69) is 11.7 Å². The monoisotopic (exact) mass is 710 g/mol. The Bertz CT molecular complexity index is 1470. The van der Waals surface area contributed by atoms with Gasteiger partial charge in [0.05, 0.1) is 23.3 Å². The van der Waals surface area contributed by atoms with Crippen LogP contribution < -0.4 is 9.47 Å². The third-order valence-electron chi connectivity index (χ3n) is 7.88. The summed E-state index contributed by atoms with van der Waals surface area (Å²) in [6, 6.07) is 15.6. The van der Waals surface area contributed by atoms with Crippen LogP contribution in [0.5, 0.6) is 11.5 Å². The second kappa shape index (κ2) is 20.0. The van der Waals surface area contributed by atoms with Crippen LogP contribution in [0.4, 0.5) is 26.3 Å². The molecule has 0 aliphatic heterocycles. The lowest BCUT2D eigenvalue weighted by atomic mass is 10.0. The molecule has 0 aromatic heterocycles. The van der Waals surface area contributed by atoms with E-state index < -0.39 is 53.7 Å². The molecule has 0 aliphatic rings. The fourth-order valence-corrected chi connectivity index (χ4v) is 5.12. The Kier molecular flexibility index (Phi) is 16.1. The van der Waals surface area contributed by atoms with Gasteiger partial charge in [-0.15, -0.1) is 0 Å². The summed E-state index contributed by atoms with van der Waals surface area (Å²) in [5.74, 6) is -2.58. The number of esters is 2. The van der Waals surface area contributed by atoms with Crippen LogP contribution in [0.2, 0.25) is 0 Å². The van der Waals surface area contributed by atoms with Gasteiger partial charge in [-0.05, 0) is 86.2 Å². The van der Waals surface area contributed by atoms with Crippen LogP contribution in [0.3, 0.4) is 0 Å². The smallest absolute Gasteiger partial charge is 0.425 e. The number of halogens is 6.